The quantitative estimate of drug-likeness (QED) is 0.504. The van der Waals surface area contributed by atoms with Gasteiger partial charge in [-0.1, -0.05) is 0 Å². The predicted molar refractivity (Wildman–Crippen MR) is 56.2 cm³/mol. The van der Waals surface area contributed by atoms with E-state index >= 15 is 0 Å². The molecule has 0 atom stereocenters. The van der Waals surface area contributed by atoms with Gasteiger partial charge in [0.15, 0.2) is 0 Å². The van der Waals surface area contributed by atoms with Crippen molar-refractivity contribution in [3.05, 3.63) is 25.3 Å². The second-order valence-corrected chi connectivity index (χ2v) is 3.87. The molecule has 1 aromatic rings. The SMILES string of the molecule is O=[N+]([O-])c1cc(I)c(CO)c(OC(F)(F)F)n1. The molecule has 1 aromatic heterocycles. The zero-order valence-corrected chi connectivity index (χ0v) is 10.0. The molecule has 0 saturated carbocycles. The van der Waals surface area contributed by atoms with E-state index in [1.165, 1.54) is 0 Å². The third-order valence-electron chi connectivity index (χ3n) is 1.58. The van der Waals surface area contributed by atoms with Crippen molar-refractivity contribution in [2.45, 2.75) is 13.0 Å². The van der Waals surface area contributed by atoms with Gasteiger partial charge in [-0.25, -0.2) is 0 Å². The van der Waals surface area contributed by atoms with Crippen LogP contribution in [0.15, 0.2) is 6.07 Å². The van der Waals surface area contributed by atoms with E-state index in [1.54, 1.807) is 22.6 Å². The number of hydrogen-bond acceptors (Lipinski definition) is 5. The average Bonchev–Trinajstić information content (AvgIpc) is 2.14. The van der Waals surface area contributed by atoms with Crippen molar-refractivity contribution in [2.24, 2.45) is 0 Å². The Labute approximate surface area is 106 Å². The van der Waals surface area contributed by atoms with Gasteiger partial charge < -0.3 is 20.0 Å². The number of rotatable bonds is 3. The van der Waals surface area contributed by atoms with Crippen LogP contribution in [0.5, 0.6) is 5.88 Å². The van der Waals surface area contributed by atoms with Crippen LogP contribution in [0.1, 0.15) is 5.56 Å². The summed E-state index contributed by atoms with van der Waals surface area (Å²) in [5.74, 6) is -1.80. The lowest BCUT2D eigenvalue weighted by Gasteiger charge is -2.08. The van der Waals surface area contributed by atoms with Crippen LogP contribution in [-0.2, 0) is 6.61 Å². The Kier molecular flexibility index (Phi) is 4.08. The predicted octanol–water partition coefficient (Wildman–Crippen LogP) is 1.99. The standard InChI is InChI=1S/C7H4F3IN2O4/c8-7(9,10)17-6-3(2-14)4(11)1-5(12-6)13(15)16/h1,14H,2H2. The molecule has 0 fully saturated rings. The third kappa shape index (κ3) is 3.66. The summed E-state index contributed by atoms with van der Waals surface area (Å²) in [4.78, 5) is 12.5. The van der Waals surface area contributed by atoms with Crippen molar-refractivity contribution < 1.29 is 27.9 Å². The second-order valence-electron chi connectivity index (χ2n) is 2.71. The minimum absolute atomic E-state index is 0.0612. The van der Waals surface area contributed by atoms with E-state index in [9.17, 15) is 23.3 Å². The minimum atomic E-state index is -5.03. The average molecular weight is 364 g/mol. The van der Waals surface area contributed by atoms with E-state index in [2.05, 4.69) is 9.72 Å². The fraction of sp³-hybridized carbons (Fsp3) is 0.286. The molecule has 94 valence electrons. The fourth-order valence-electron chi connectivity index (χ4n) is 0.937. The van der Waals surface area contributed by atoms with Gasteiger partial charge >= 0.3 is 18.1 Å². The highest BCUT2D eigenvalue weighted by Gasteiger charge is 2.36. The summed E-state index contributed by atoms with van der Waals surface area (Å²) in [6, 6.07) is 0.940. The van der Waals surface area contributed by atoms with Crippen molar-refractivity contribution in [1.82, 2.24) is 4.98 Å². The summed E-state index contributed by atoms with van der Waals surface area (Å²) in [7, 11) is 0. The molecule has 17 heavy (non-hydrogen) atoms. The zero-order chi connectivity index (χ0) is 13.2. The van der Waals surface area contributed by atoms with Crippen LogP contribution in [0.25, 0.3) is 0 Å². The van der Waals surface area contributed by atoms with Crippen LogP contribution in [0.3, 0.4) is 0 Å². The number of aromatic nitrogens is 1. The minimum Gasteiger partial charge on any atom is -0.391 e. The van der Waals surface area contributed by atoms with E-state index in [0.29, 0.717) is 0 Å². The lowest BCUT2D eigenvalue weighted by atomic mass is 10.3. The summed E-state index contributed by atoms with van der Waals surface area (Å²) in [6.07, 6.45) is -5.03. The first-order chi connectivity index (χ1) is 7.74. The Hall–Kier alpha value is -1.17. The lowest BCUT2D eigenvalue weighted by molar-refractivity contribution is -0.390. The zero-order valence-electron chi connectivity index (χ0n) is 7.86. The maximum atomic E-state index is 12.0. The molecule has 0 aliphatic rings. The Balaban J connectivity index is 3.29. The van der Waals surface area contributed by atoms with Crippen LogP contribution in [0.4, 0.5) is 19.0 Å². The van der Waals surface area contributed by atoms with Crippen molar-refractivity contribution in [3.8, 4) is 5.88 Å². The van der Waals surface area contributed by atoms with E-state index in [0.717, 1.165) is 6.07 Å². The number of nitrogens with zero attached hydrogens (tertiary/aromatic N) is 2. The van der Waals surface area contributed by atoms with Gasteiger partial charge in [-0.05, 0) is 27.5 Å². The Morgan fingerprint density at radius 2 is 2.18 bits per heavy atom. The molecular formula is C7H4F3IN2O4. The number of aliphatic hydroxyl groups excluding tert-OH is 1. The van der Waals surface area contributed by atoms with Crippen LogP contribution >= 0.6 is 22.6 Å². The van der Waals surface area contributed by atoms with Crippen LogP contribution in [0, 0.1) is 13.7 Å². The molecule has 10 heteroatoms. The smallest absolute Gasteiger partial charge is 0.391 e. The van der Waals surface area contributed by atoms with E-state index < -0.39 is 29.6 Å². The molecule has 0 aromatic carbocycles. The highest BCUT2D eigenvalue weighted by atomic mass is 127. The number of alkyl halides is 3. The third-order valence-corrected chi connectivity index (χ3v) is 2.54. The highest BCUT2D eigenvalue weighted by Crippen LogP contribution is 2.30. The summed E-state index contributed by atoms with van der Waals surface area (Å²) in [5.41, 5.74) is -0.256. The van der Waals surface area contributed by atoms with E-state index in [-0.39, 0.29) is 9.13 Å². The number of ether oxygens (including phenoxy) is 1. The molecule has 0 bridgehead atoms. The van der Waals surface area contributed by atoms with E-state index in [4.69, 9.17) is 5.11 Å². The number of aliphatic hydroxyl groups is 1. The van der Waals surface area contributed by atoms with Crippen molar-refractivity contribution in [3.63, 3.8) is 0 Å². The summed E-state index contributed by atoms with van der Waals surface area (Å²) < 4.78 is 39.6. The molecule has 6 nitrogen and oxygen atoms in total. The topological polar surface area (TPSA) is 85.5 Å². The maximum Gasteiger partial charge on any atom is 0.575 e. The number of hydrogen-bond donors (Lipinski definition) is 1. The molecule has 0 saturated heterocycles. The summed E-state index contributed by atoms with van der Waals surface area (Å²) >= 11 is 1.54. The highest BCUT2D eigenvalue weighted by molar-refractivity contribution is 14.1. The molecule has 0 unspecified atom stereocenters. The van der Waals surface area contributed by atoms with Gasteiger partial charge in [-0.3, -0.25) is 0 Å². The van der Waals surface area contributed by atoms with Crippen molar-refractivity contribution in [1.29, 1.82) is 0 Å². The van der Waals surface area contributed by atoms with Crippen molar-refractivity contribution >= 4 is 28.4 Å². The molecule has 0 spiro atoms. The molecule has 0 aliphatic heterocycles. The summed E-state index contributed by atoms with van der Waals surface area (Å²) in [5, 5.41) is 19.3. The largest absolute Gasteiger partial charge is 0.575 e. The molecule has 1 heterocycles. The van der Waals surface area contributed by atoms with Gasteiger partial charge in [-0.15, -0.1) is 13.2 Å². The number of pyridine rings is 1. The molecule has 0 amide bonds. The molecule has 1 N–H and O–H groups in total. The van der Waals surface area contributed by atoms with Crippen LogP contribution < -0.4 is 4.74 Å². The second kappa shape index (κ2) is 5.00. The van der Waals surface area contributed by atoms with E-state index in [1.807, 2.05) is 0 Å². The monoisotopic (exact) mass is 364 g/mol. The maximum absolute atomic E-state index is 12.0. The molecule has 1 rings (SSSR count). The normalized spacial score (nSPS) is 11.4. The van der Waals surface area contributed by atoms with Crippen molar-refractivity contribution in [2.75, 3.05) is 0 Å². The fourth-order valence-corrected chi connectivity index (χ4v) is 1.62. The van der Waals surface area contributed by atoms with Gasteiger partial charge in [0.2, 0.25) is 0 Å². The first kappa shape index (κ1) is 13.9. The lowest BCUT2D eigenvalue weighted by Crippen LogP contribution is -2.19. The van der Waals surface area contributed by atoms with Gasteiger partial charge in [0.1, 0.15) is 0 Å². The molecule has 0 radical (unpaired) electrons. The Bertz CT molecular complexity index is 451. The molecule has 0 aliphatic carbocycles. The first-order valence-corrected chi connectivity index (χ1v) is 5.03. The number of halogens is 4. The van der Waals surface area contributed by atoms with Gasteiger partial charge in [0, 0.05) is 8.55 Å². The van der Waals surface area contributed by atoms with Gasteiger partial charge in [0.05, 0.1) is 18.2 Å². The van der Waals surface area contributed by atoms with Crippen LogP contribution in [-0.4, -0.2) is 21.4 Å². The van der Waals surface area contributed by atoms with Gasteiger partial charge in [-0.2, -0.15) is 0 Å². The van der Waals surface area contributed by atoms with Crippen LogP contribution in [0.2, 0.25) is 0 Å². The Morgan fingerprint density at radius 1 is 1.59 bits per heavy atom. The number of nitro groups is 1. The van der Waals surface area contributed by atoms with Gasteiger partial charge in [0.25, 0.3) is 0 Å². The summed E-state index contributed by atoms with van der Waals surface area (Å²) in [6.45, 7) is -0.769. The molecular weight excluding hydrogens is 360 g/mol. The Morgan fingerprint density at radius 3 is 2.59 bits per heavy atom. The first-order valence-electron chi connectivity index (χ1n) is 3.95.